The maximum atomic E-state index is 12.0. The molecule has 21 heavy (non-hydrogen) atoms. The number of hydrogen-bond donors (Lipinski definition) is 3. The number of benzene rings is 1. The summed E-state index contributed by atoms with van der Waals surface area (Å²) < 4.78 is 0. The summed E-state index contributed by atoms with van der Waals surface area (Å²) in [5, 5.41) is 5.85. The van der Waals surface area contributed by atoms with E-state index in [0.717, 1.165) is 12.1 Å². The van der Waals surface area contributed by atoms with E-state index >= 15 is 0 Å². The fourth-order valence-electron chi connectivity index (χ4n) is 1.59. The SMILES string of the molecule is CN=C(N)NCc1cccc(C(=O)NCCN(C)C)c1.I. The number of nitrogens with two attached hydrogens (primary N) is 1. The van der Waals surface area contributed by atoms with E-state index in [4.69, 9.17) is 5.73 Å². The standard InChI is InChI=1S/C14H23N5O.HI/c1-16-14(15)18-10-11-5-4-6-12(9-11)13(20)17-7-8-19(2)3;/h4-6,9H,7-8,10H2,1-3H3,(H,17,20)(H3,15,16,18);1H. The molecule has 0 aliphatic rings. The maximum absolute atomic E-state index is 12.0. The number of nitrogens with zero attached hydrogens (tertiary/aromatic N) is 2. The molecule has 0 unspecified atom stereocenters. The second kappa shape index (κ2) is 10.4. The van der Waals surface area contributed by atoms with E-state index in [0.29, 0.717) is 24.6 Å². The highest BCUT2D eigenvalue weighted by atomic mass is 127. The molecule has 0 saturated heterocycles. The molecule has 1 aromatic carbocycles. The van der Waals surface area contributed by atoms with Gasteiger partial charge in [-0.1, -0.05) is 12.1 Å². The predicted molar refractivity (Wildman–Crippen MR) is 97.1 cm³/mol. The topological polar surface area (TPSA) is 82.7 Å². The lowest BCUT2D eigenvalue weighted by Crippen LogP contribution is -2.32. The molecule has 0 bridgehead atoms. The monoisotopic (exact) mass is 405 g/mol. The van der Waals surface area contributed by atoms with Crippen LogP contribution in [0.25, 0.3) is 0 Å². The number of guanidine groups is 1. The average molecular weight is 405 g/mol. The number of likely N-dealkylation sites (N-methyl/N-ethyl adjacent to an activating group) is 1. The van der Waals surface area contributed by atoms with Crippen LogP contribution in [0.1, 0.15) is 15.9 Å². The van der Waals surface area contributed by atoms with Crippen LogP contribution < -0.4 is 16.4 Å². The van der Waals surface area contributed by atoms with Crippen molar-refractivity contribution in [3.8, 4) is 0 Å². The summed E-state index contributed by atoms with van der Waals surface area (Å²) in [6.07, 6.45) is 0. The minimum Gasteiger partial charge on any atom is -0.370 e. The molecule has 0 radical (unpaired) electrons. The maximum Gasteiger partial charge on any atom is 0.251 e. The second-order valence-corrected chi connectivity index (χ2v) is 4.72. The van der Waals surface area contributed by atoms with Gasteiger partial charge in [-0.05, 0) is 31.8 Å². The average Bonchev–Trinajstić information content (AvgIpc) is 2.44. The first kappa shape index (κ1) is 19.7. The van der Waals surface area contributed by atoms with Gasteiger partial charge in [0.25, 0.3) is 5.91 Å². The van der Waals surface area contributed by atoms with Gasteiger partial charge in [0.2, 0.25) is 0 Å². The highest BCUT2D eigenvalue weighted by Gasteiger charge is 2.05. The lowest BCUT2D eigenvalue weighted by Gasteiger charge is -2.11. The quantitative estimate of drug-likeness (QED) is 0.369. The van der Waals surface area contributed by atoms with Gasteiger partial charge in [0.05, 0.1) is 0 Å². The highest BCUT2D eigenvalue weighted by Crippen LogP contribution is 2.05. The van der Waals surface area contributed by atoms with Gasteiger partial charge in [-0.3, -0.25) is 9.79 Å². The Balaban J connectivity index is 0.00000400. The van der Waals surface area contributed by atoms with Crippen molar-refractivity contribution < 1.29 is 4.79 Å². The number of nitrogens with one attached hydrogen (secondary N) is 2. The molecule has 0 fully saturated rings. The van der Waals surface area contributed by atoms with Gasteiger partial charge in [0.15, 0.2) is 5.96 Å². The smallest absolute Gasteiger partial charge is 0.251 e. The van der Waals surface area contributed by atoms with Crippen LogP contribution in [-0.2, 0) is 6.54 Å². The zero-order chi connectivity index (χ0) is 15.0. The first-order chi connectivity index (χ1) is 9.52. The minimum absolute atomic E-state index is 0. The van der Waals surface area contributed by atoms with Crippen molar-refractivity contribution in [1.82, 2.24) is 15.5 Å². The lowest BCUT2D eigenvalue weighted by atomic mass is 10.1. The lowest BCUT2D eigenvalue weighted by molar-refractivity contribution is 0.0951. The summed E-state index contributed by atoms with van der Waals surface area (Å²) in [7, 11) is 5.56. The summed E-state index contributed by atoms with van der Waals surface area (Å²) in [6.45, 7) is 1.99. The Labute approximate surface area is 143 Å². The van der Waals surface area contributed by atoms with E-state index in [1.54, 1.807) is 13.1 Å². The number of carbonyl (C=O) groups excluding carboxylic acids is 1. The Kier molecular flexibility index (Phi) is 9.72. The molecule has 0 atom stereocenters. The van der Waals surface area contributed by atoms with Crippen LogP contribution in [-0.4, -0.2) is 51.0 Å². The van der Waals surface area contributed by atoms with Crippen molar-refractivity contribution in [3.05, 3.63) is 35.4 Å². The molecule has 6 nitrogen and oxygen atoms in total. The predicted octanol–water partition coefficient (Wildman–Crippen LogP) is 0.630. The number of halogens is 1. The van der Waals surface area contributed by atoms with Crippen LogP contribution in [0.15, 0.2) is 29.3 Å². The Bertz CT molecular complexity index is 476. The van der Waals surface area contributed by atoms with Gasteiger partial charge in [-0.2, -0.15) is 0 Å². The van der Waals surface area contributed by atoms with Crippen molar-refractivity contribution in [3.63, 3.8) is 0 Å². The van der Waals surface area contributed by atoms with Crippen LogP contribution in [0.5, 0.6) is 0 Å². The van der Waals surface area contributed by atoms with E-state index in [-0.39, 0.29) is 29.9 Å². The van der Waals surface area contributed by atoms with Crippen molar-refractivity contribution in [2.24, 2.45) is 10.7 Å². The first-order valence-electron chi connectivity index (χ1n) is 6.51. The summed E-state index contributed by atoms with van der Waals surface area (Å²) in [6, 6.07) is 7.44. The molecule has 4 N–H and O–H groups in total. The number of amides is 1. The molecule has 7 heteroatoms. The van der Waals surface area contributed by atoms with Gasteiger partial charge >= 0.3 is 0 Å². The summed E-state index contributed by atoms with van der Waals surface area (Å²) in [4.78, 5) is 17.8. The minimum atomic E-state index is -0.0640. The summed E-state index contributed by atoms with van der Waals surface area (Å²) in [5.41, 5.74) is 7.20. The van der Waals surface area contributed by atoms with Crippen LogP contribution in [0.4, 0.5) is 0 Å². The van der Waals surface area contributed by atoms with Crippen LogP contribution in [0.2, 0.25) is 0 Å². The number of rotatable bonds is 6. The van der Waals surface area contributed by atoms with Crippen LogP contribution in [0.3, 0.4) is 0 Å². The molecule has 1 aromatic rings. The van der Waals surface area contributed by atoms with E-state index in [9.17, 15) is 4.79 Å². The van der Waals surface area contributed by atoms with Gasteiger partial charge in [0, 0.05) is 32.2 Å². The zero-order valence-corrected chi connectivity index (χ0v) is 15.0. The molecule has 0 aliphatic heterocycles. The van der Waals surface area contributed by atoms with Crippen LogP contribution in [0, 0.1) is 0 Å². The van der Waals surface area contributed by atoms with E-state index in [1.165, 1.54) is 0 Å². The largest absolute Gasteiger partial charge is 0.370 e. The fraction of sp³-hybridized carbons (Fsp3) is 0.429. The molecule has 118 valence electrons. The number of hydrogen-bond acceptors (Lipinski definition) is 3. The van der Waals surface area contributed by atoms with Crippen molar-refractivity contribution in [2.45, 2.75) is 6.54 Å². The molecule has 0 aliphatic carbocycles. The summed E-state index contributed by atoms with van der Waals surface area (Å²) in [5.74, 6) is 0.316. The molecule has 0 aromatic heterocycles. The van der Waals surface area contributed by atoms with Gasteiger partial charge in [-0.25, -0.2) is 0 Å². The van der Waals surface area contributed by atoms with E-state index < -0.39 is 0 Å². The molecule has 0 heterocycles. The number of carbonyl (C=O) groups is 1. The van der Waals surface area contributed by atoms with E-state index in [1.807, 2.05) is 37.2 Å². The zero-order valence-electron chi connectivity index (χ0n) is 12.7. The molecule has 1 amide bonds. The third-order valence-corrected chi connectivity index (χ3v) is 2.75. The molecular formula is C14H24IN5O. The Hall–Kier alpha value is -1.35. The first-order valence-corrected chi connectivity index (χ1v) is 6.51. The van der Waals surface area contributed by atoms with E-state index in [2.05, 4.69) is 15.6 Å². The molecule has 1 rings (SSSR count). The molecular weight excluding hydrogens is 381 g/mol. The Morgan fingerprint density at radius 1 is 1.33 bits per heavy atom. The second-order valence-electron chi connectivity index (χ2n) is 4.72. The van der Waals surface area contributed by atoms with Gasteiger partial charge < -0.3 is 21.3 Å². The normalized spacial score (nSPS) is 11.0. The molecule has 0 saturated carbocycles. The highest BCUT2D eigenvalue weighted by molar-refractivity contribution is 14.0. The van der Waals surface area contributed by atoms with Crippen molar-refractivity contribution in [1.29, 1.82) is 0 Å². The number of aliphatic imine (C=N–C) groups is 1. The summed E-state index contributed by atoms with van der Waals surface area (Å²) >= 11 is 0. The van der Waals surface area contributed by atoms with Crippen molar-refractivity contribution in [2.75, 3.05) is 34.2 Å². The van der Waals surface area contributed by atoms with Gasteiger partial charge in [0.1, 0.15) is 0 Å². The third-order valence-electron chi connectivity index (χ3n) is 2.75. The Morgan fingerprint density at radius 2 is 2.05 bits per heavy atom. The van der Waals surface area contributed by atoms with Crippen LogP contribution >= 0.6 is 24.0 Å². The fourth-order valence-corrected chi connectivity index (χ4v) is 1.59. The van der Waals surface area contributed by atoms with Crippen molar-refractivity contribution >= 4 is 35.8 Å². The third kappa shape index (κ3) is 7.86. The van der Waals surface area contributed by atoms with Gasteiger partial charge in [-0.15, -0.1) is 24.0 Å². The molecule has 0 spiro atoms. The Morgan fingerprint density at radius 3 is 2.67 bits per heavy atom.